The minimum atomic E-state index is -0.195. The molecule has 5 nitrogen and oxygen atoms in total. The standard InChI is InChI=1S/C18H17N3O2S/c1-11-7-9-12(10-8-11)20-18-21-17(19)16(24-18)15(22)13-5-3-4-6-14(13)23-2/h3-10H,19H2,1-2H3,(H,20,21). The van der Waals surface area contributed by atoms with Crippen molar-refractivity contribution < 1.29 is 9.53 Å². The van der Waals surface area contributed by atoms with Crippen molar-refractivity contribution in [3.63, 3.8) is 0 Å². The average molecular weight is 339 g/mol. The number of hydrogen-bond acceptors (Lipinski definition) is 6. The molecule has 6 heteroatoms. The summed E-state index contributed by atoms with van der Waals surface area (Å²) in [5, 5.41) is 3.75. The predicted octanol–water partition coefficient (Wildman–Crippen LogP) is 4.02. The third-order valence-corrected chi connectivity index (χ3v) is 4.50. The quantitative estimate of drug-likeness (QED) is 0.687. The van der Waals surface area contributed by atoms with Gasteiger partial charge in [0.25, 0.3) is 0 Å². The lowest BCUT2D eigenvalue weighted by Gasteiger charge is -2.05. The van der Waals surface area contributed by atoms with Crippen LogP contribution in [0, 0.1) is 6.92 Å². The second-order valence-electron chi connectivity index (χ2n) is 5.25. The summed E-state index contributed by atoms with van der Waals surface area (Å²) < 4.78 is 5.25. The fraction of sp³-hybridized carbons (Fsp3) is 0.111. The number of ether oxygens (including phenoxy) is 1. The van der Waals surface area contributed by atoms with Crippen molar-refractivity contribution in [3.8, 4) is 5.75 Å². The number of nitrogens with two attached hydrogens (primary N) is 1. The fourth-order valence-electron chi connectivity index (χ4n) is 2.26. The van der Waals surface area contributed by atoms with Crippen LogP contribution in [0.15, 0.2) is 48.5 Å². The van der Waals surface area contributed by atoms with Crippen molar-refractivity contribution in [3.05, 3.63) is 64.5 Å². The van der Waals surface area contributed by atoms with Crippen LogP contribution in [0.25, 0.3) is 0 Å². The maximum Gasteiger partial charge on any atom is 0.210 e. The van der Waals surface area contributed by atoms with E-state index < -0.39 is 0 Å². The van der Waals surface area contributed by atoms with Gasteiger partial charge in [-0.05, 0) is 31.2 Å². The zero-order valence-corrected chi connectivity index (χ0v) is 14.2. The molecule has 3 N–H and O–H groups in total. The molecule has 122 valence electrons. The fourth-order valence-corrected chi connectivity index (χ4v) is 3.12. The number of nitrogens with zero attached hydrogens (tertiary/aromatic N) is 1. The summed E-state index contributed by atoms with van der Waals surface area (Å²) in [5.41, 5.74) is 8.48. The van der Waals surface area contributed by atoms with Gasteiger partial charge in [-0.15, -0.1) is 0 Å². The number of hydrogen-bond donors (Lipinski definition) is 2. The molecule has 0 fully saturated rings. The molecule has 0 aliphatic rings. The molecule has 1 aromatic heterocycles. The van der Waals surface area contributed by atoms with E-state index >= 15 is 0 Å². The zero-order chi connectivity index (χ0) is 17.1. The number of thiazole rings is 1. The number of benzene rings is 2. The molecule has 0 saturated carbocycles. The third kappa shape index (κ3) is 3.23. The Labute approximate surface area is 144 Å². The Morgan fingerprint density at radius 1 is 1.17 bits per heavy atom. The van der Waals surface area contributed by atoms with Gasteiger partial charge in [0.05, 0.1) is 12.7 Å². The first kappa shape index (κ1) is 16.0. The molecule has 0 amide bonds. The number of ketones is 1. The lowest BCUT2D eigenvalue weighted by molar-refractivity contribution is 0.104. The van der Waals surface area contributed by atoms with E-state index in [0.29, 0.717) is 21.3 Å². The number of anilines is 3. The van der Waals surface area contributed by atoms with Gasteiger partial charge in [0, 0.05) is 5.69 Å². The molecule has 0 aliphatic heterocycles. The molecule has 0 bridgehead atoms. The number of aryl methyl sites for hydroxylation is 1. The van der Waals surface area contributed by atoms with Gasteiger partial charge >= 0.3 is 0 Å². The van der Waals surface area contributed by atoms with Gasteiger partial charge in [0.2, 0.25) is 5.78 Å². The number of carbonyl (C=O) groups excluding carboxylic acids is 1. The molecular weight excluding hydrogens is 322 g/mol. The van der Waals surface area contributed by atoms with Crippen LogP contribution in [0.4, 0.5) is 16.6 Å². The first-order valence-corrected chi connectivity index (χ1v) is 8.18. The Bertz CT molecular complexity index is 872. The molecule has 0 aliphatic carbocycles. The van der Waals surface area contributed by atoms with Crippen LogP contribution >= 0.6 is 11.3 Å². The van der Waals surface area contributed by atoms with E-state index in [1.807, 2.05) is 37.3 Å². The molecule has 0 atom stereocenters. The predicted molar refractivity (Wildman–Crippen MR) is 97.4 cm³/mol. The highest BCUT2D eigenvalue weighted by molar-refractivity contribution is 7.18. The largest absolute Gasteiger partial charge is 0.496 e. The van der Waals surface area contributed by atoms with Gasteiger partial charge in [0.1, 0.15) is 16.4 Å². The molecular formula is C18H17N3O2S. The van der Waals surface area contributed by atoms with Gasteiger partial charge in [-0.2, -0.15) is 0 Å². The van der Waals surface area contributed by atoms with Crippen LogP contribution in [0.1, 0.15) is 20.8 Å². The molecule has 1 heterocycles. The number of nitrogens with one attached hydrogen (secondary N) is 1. The summed E-state index contributed by atoms with van der Waals surface area (Å²) in [5.74, 6) is 0.535. The lowest BCUT2D eigenvalue weighted by Crippen LogP contribution is -2.04. The lowest BCUT2D eigenvalue weighted by atomic mass is 10.1. The second-order valence-corrected chi connectivity index (χ2v) is 6.25. The monoisotopic (exact) mass is 339 g/mol. The Morgan fingerprint density at radius 2 is 1.88 bits per heavy atom. The van der Waals surface area contributed by atoms with E-state index in [0.717, 1.165) is 5.69 Å². The summed E-state index contributed by atoms with van der Waals surface area (Å²) in [6.45, 7) is 2.02. The molecule has 3 aromatic rings. The van der Waals surface area contributed by atoms with Gasteiger partial charge in [-0.25, -0.2) is 4.98 Å². The minimum Gasteiger partial charge on any atom is -0.496 e. The second kappa shape index (κ2) is 6.72. The summed E-state index contributed by atoms with van der Waals surface area (Å²) in [6.07, 6.45) is 0. The topological polar surface area (TPSA) is 77.2 Å². The van der Waals surface area contributed by atoms with Crippen molar-refractivity contribution in [1.82, 2.24) is 4.98 Å². The maximum atomic E-state index is 12.7. The van der Waals surface area contributed by atoms with Crippen molar-refractivity contribution in [2.75, 3.05) is 18.2 Å². The normalized spacial score (nSPS) is 10.4. The smallest absolute Gasteiger partial charge is 0.210 e. The first-order valence-electron chi connectivity index (χ1n) is 7.36. The highest BCUT2D eigenvalue weighted by Gasteiger charge is 2.20. The first-order chi connectivity index (χ1) is 11.6. The SMILES string of the molecule is COc1ccccc1C(=O)c1sc(Nc2ccc(C)cc2)nc1N. The van der Waals surface area contributed by atoms with E-state index in [2.05, 4.69) is 10.3 Å². The van der Waals surface area contributed by atoms with Crippen molar-refractivity contribution >= 4 is 33.8 Å². The molecule has 0 radical (unpaired) electrons. The number of methoxy groups -OCH3 is 1. The maximum absolute atomic E-state index is 12.7. The van der Waals surface area contributed by atoms with E-state index in [9.17, 15) is 4.79 Å². The minimum absolute atomic E-state index is 0.195. The van der Waals surface area contributed by atoms with Gasteiger partial charge in [-0.3, -0.25) is 4.79 Å². The highest BCUT2D eigenvalue weighted by atomic mass is 32.1. The van der Waals surface area contributed by atoms with Crippen LogP contribution in [0.5, 0.6) is 5.75 Å². The van der Waals surface area contributed by atoms with E-state index in [1.54, 1.807) is 18.2 Å². The Balaban J connectivity index is 1.88. The van der Waals surface area contributed by atoms with Crippen LogP contribution in [0.3, 0.4) is 0 Å². The summed E-state index contributed by atoms with van der Waals surface area (Å²) in [4.78, 5) is 17.4. The number of nitrogen functional groups attached to an aromatic ring is 1. The van der Waals surface area contributed by atoms with Crippen molar-refractivity contribution in [1.29, 1.82) is 0 Å². The van der Waals surface area contributed by atoms with Crippen LogP contribution in [0.2, 0.25) is 0 Å². The molecule has 0 unspecified atom stereocenters. The summed E-state index contributed by atoms with van der Waals surface area (Å²) >= 11 is 1.23. The number of para-hydroxylation sites is 1. The van der Waals surface area contributed by atoms with Crippen LogP contribution < -0.4 is 15.8 Å². The molecule has 0 spiro atoms. The van der Waals surface area contributed by atoms with Gasteiger partial charge < -0.3 is 15.8 Å². The van der Waals surface area contributed by atoms with E-state index in [4.69, 9.17) is 10.5 Å². The zero-order valence-electron chi connectivity index (χ0n) is 13.4. The van der Waals surface area contributed by atoms with Crippen molar-refractivity contribution in [2.24, 2.45) is 0 Å². The summed E-state index contributed by atoms with van der Waals surface area (Å²) in [7, 11) is 1.53. The van der Waals surface area contributed by atoms with Crippen LogP contribution in [-0.4, -0.2) is 17.9 Å². The van der Waals surface area contributed by atoms with Crippen LogP contribution in [-0.2, 0) is 0 Å². The highest BCUT2D eigenvalue weighted by Crippen LogP contribution is 2.31. The van der Waals surface area contributed by atoms with Crippen molar-refractivity contribution in [2.45, 2.75) is 6.92 Å². The number of aromatic nitrogens is 1. The Morgan fingerprint density at radius 3 is 2.58 bits per heavy atom. The van der Waals surface area contributed by atoms with E-state index in [-0.39, 0.29) is 11.6 Å². The average Bonchev–Trinajstić information content (AvgIpc) is 2.96. The van der Waals surface area contributed by atoms with Gasteiger partial charge in [0.15, 0.2) is 5.13 Å². The van der Waals surface area contributed by atoms with Gasteiger partial charge in [-0.1, -0.05) is 41.2 Å². The Hall–Kier alpha value is -2.86. The Kier molecular flexibility index (Phi) is 4.48. The molecule has 2 aromatic carbocycles. The number of carbonyl (C=O) groups is 1. The van der Waals surface area contributed by atoms with E-state index in [1.165, 1.54) is 24.0 Å². The third-order valence-electron chi connectivity index (χ3n) is 3.51. The molecule has 0 saturated heterocycles. The summed E-state index contributed by atoms with van der Waals surface area (Å²) in [6, 6.07) is 15.0. The molecule has 3 rings (SSSR count). The number of rotatable bonds is 5. The molecule has 24 heavy (non-hydrogen) atoms.